The molecule has 8 heteroatoms. The summed E-state index contributed by atoms with van der Waals surface area (Å²) < 4.78 is 5.28. The molecule has 0 spiro atoms. The number of carbonyl (C=O) groups is 3. The number of fused-ring (bicyclic) bond motifs is 2. The van der Waals surface area contributed by atoms with Crippen LogP contribution in [0.5, 0.6) is 0 Å². The van der Waals surface area contributed by atoms with Crippen LogP contribution in [-0.2, 0) is 14.3 Å². The molecule has 6 nitrogen and oxygen atoms in total. The van der Waals surface area contributed by atoms with Crippen LogP contribution in [0.15, 0.2) is 12.1 Å². The van der Waals surface area contributed by atoms with Crippen LogP contribution in [0.25, 0.3) is 0 Å². The molecule has 2 atom stereocenters. The lowest BCUT2D eigenvalue weighted by Crippen LogP contribution is -2.52. The summed E-state index contributed by atoms with van der Waals surface area (Å²) in [5.74, 6) is -2.52. The van der Waals surface area contributed by atoms with Crippen LogP contribution in [0.4, 0.5) is 5.69 Å². The summed E-state index contributed by atoms with van der Waals surface area (Å²) in [4.78, 5) is 36.8. The van der Waals surface area contributed by atoms with E-state index in [-0.39, 0.29) is 21.3 Å². The molecule has 0 aliphatic carbocycles. The number of amides is 2. The first-order valence-corrected chi connectivity index (χ1v) is 6.91. The van der Waals surface area contributed by atoms with Crippen molar-refractivity contribution >= 4 is 46.7 Å². The molecule has 2 saturated heterocycles. The second-order valence-corrected chi connectivity index (χ2v) is 5.64. The molecule has 1 N–H and O–H groups in total. The molecule has 2 heterocycles. The van der Waals surface area contributed by atoms with Crippen molar-refractivity contribution in [1.29, 1.82) is 0 Å². The van der Waals surface area contributed by atoms with Gasteiger partial charge in [-0.2, -0.15) is 0 Å². The SMILES string of the molecule is O=C(O)c1cc(Cl)cc(Cl)c1N1C(=O)C2CCC(O2)C1=O. The largest absolute Gasteiger partial charge is 0.478 e. The van der Waals surface area contributed by atoms with E-state index in [1.165, 1.54) is 6.07 Å². The number of carboxylic acids is 1. The van der Waals surface area contributed by atoms with Crippen LogP contribution in [-0.4, -0.2) is 35.1 Å². The number of hydrogen-bond acceptors (Lipinski definition) is 4. The number of aromatic carboxylic acids is 1. The third-order valence-electron chi connectivity index (χ3n) is 3.49. The average molecular weight is 330 g/mol. The van der Waals surface area contributed by atoms with Crippen LogP contribution in [0.3, 0.4) is 0 Å². The van der Waals surface area contributed by atoms with Crippen molar-refractivity contribution in [3.63, 3.8) is 0 Å². The van der Waals surface area contributed by atoms with Gasteiger partial charge in [0.2, 0.25) is 0 Å². The molecule has 3 rings (SSSR count). The molecular weight excluding hydrogens is 321 g/mol. The Morgan fingerprint density at radius 1 is 1.19 bits per heavy atom. The minimum absolute atomic E-state index is 0.0668. The molecule has 2 fully saturated rings. The van der Waals surface area contributed by atoms with Crippen molar-refractivity contribution in [1.82, 2.24) is 0 Å². The number of benzene rings is 1. The maximum absolute atomic E-state index is 12.3. The van der Waals surface area contributed by atoms with E-state index in [0.29, 0.717) is 12.8 Å². The first kappa shape index (κ1) is 14.3. The monoisotopic (exact) mass is 329 g/mol. The van der Waals surface area contributed by atoms with Gasteiger partial charge in [0, 0.05) is 5.02 Å². The van der Waals surface area contributed by atoms with Gasteiger partial charge < -0.3 is 9.84 Å². The van der Waals surface area contributed by atoms with Crippen molar-refractivity contribution in [2.75, 3.05) is 4.90 Å². The minimum Gasteiger partial charge on any atom is -0.478 e. The Morgan fingerprint density at radius 3 is 2.29 bits per heavy atom. The Kier molecular flexibility index (Phi) is 3.39. The number of ether oxygens (including phenoxy) is 1. The second kappa shape index (κ2) is 4.98. The highest BCUT2D eigenvalue weighted by molar-refractivity contribution is 6.39. The zero-order valence-corrected chi connectivity index (χ0v) is 12.0. The van der Waals surface area contributed by atoms with Gasteiger partial charge >= 0.3 is 5.97 Å². The molecule has 1 aromatic rings. The quantitative estimate of drug-likeness (QED) is 0.840. The van der Waals surface area contributed by atoms with Crippen molar-refractivity contribution < 1.29 is 24.2 Å². The number of rotatable bonds is 2. The highest BCUT2D eigenvalue weighted by Gasteiger charge is 2.48. The third-order valence-corrected chi connectivity index (χ3v) is 4.00. The van der Waals surface area contributed by atoms with E-state index in [1.54, 1.807) is 0 Å². The van der Waals surface area contributed by atoms with Gasteiger partial charge in [0.1, 0.15) is 12.2 Å². The topological polar surface area (TPSA) is 83.9 Å². The van der Waals surface area contributed by atoms with E-state index >= 15 is 0 Å². The number of hydrogen-bond donors (Lipinski definition) is 1. The molecule has 1 aromatic carbocycles. The molecule has 2 bridgehead atoms. The van der Waals surface area contributed by atoms with Gasteiger partial charge in [-0.3, -0.25) is 9.59 Å². The van der Waals surface area contributed by atoms with Gasteiger partial charge in [-0.05, 0) is 25.0 Å². The zero-order valence-electron chi connectivity index (χ0n) is 10.5. The fourth-order valence-corrected chi connectivity index (χ4v) is 3.15. The Morgan fingerprint density at radius 2 is 1.76 bits per heavy atom. The van der Waals surface area contributed by atoms with Gasteiger partial charge in [0.25, 0.3) is 11.8 Å². The molecule has 2 unspecified atom stereocenters. The fraction of sp³-hybridized carbons (Fsp3) is 0.308. The highest BCUT2D eigenvalue weighted by Crippen LogP contribution is 2.38. The predicted octanol–water partition coefficient (Wildman–Crippen LogP) is 2.11. The van der Waals surface area contributed by atoms with E-state index in [9.17, 15) is 19.5 Å². The number of imide groups is 1. The molecular formula is C13H9Cl2NO5. The van der Waals surface area contributed by atoms with Gasteiger partial charge in [-0.1, -0.05) is 23.2 Å². The average Bonchev–Trinajstić information content (AvgIpc) is 2.85. The summed E-state index contributed by atoms with van der Waals surface area (Å²) in [7, 11) is 0. The van der Waals surface area contributed by atoms with Crippen molar-refractivity contribution in [2.45, 2.75) is 25.0 Å². The van der Waals surface area contributed by atoms with E-state index in [1.807, 2.05) is 0 Å². The van der Waals surface area contributed by atoms with Crippen molar-refractivity contribution in [3.05, 3.63) is 27.7 Å². The van der Waals surface area contributed by atoms with Crippen LogP contribution in [0.1, 0.15) is 23.2 Å². The standard InChI is InChI=1S/C13H9Cl2NO5/c14-5-3-6(13(19)20)10(7(15)4-5)16-11(17)8-1-2-9(21-8)12(16)18/h3-4,8-9H,1-2H2,(H,19,20). The summed E-state index contributed by atoms with van der Waals surface area (Å²) in [6, 6.07) is 2.45. The van der Waals surface area contributed by atoms with E-state index < -0.39 is 30.0 Å². The Bertz CT molecular complexity index is 653. The number of morpholine rings is 1. The highest BCUT2D eigenvalue weighted by atomic mass is 35.5. The van der Waals surface area contributed by atoms with Crippen LogP contribution in [0.2, 0.25) is 10.0 Å². The molecule has 0 aromatic heterocycles. The van der Waals surface area contributed by atoms with Crippen LogP contribution >= 0.6 is 23.2 Å². The number of carboxylic acid groups (broad SMARTS) is 1. The van der Waals surface area contributed by atoms with Gasteiger partial charge in [0.15, 0.2) is 0 Å². The maximum Gasteiger partial charge on any atom is 0.337 e. The molecule has 2 aliphatic rings. The van der Waals surface area contributed by atoms with Crippen LogP contribution < -0.4 is 4.90 Å². The van der Waals surface area contributed by atoms with Crippen molar-refractivity contribution in [3.8, 4) is 0 Å². The van der Waals surface area contributed by atoms with Gasteiger partial charge in [0.05, 0.1) is 16.3 Å². The number of anilines is 1. The molecule has 110 valence electrons. The summed E-state index contributed by atoms with van der Waals surface area (Å²) >= 11 is 11.8. The smallest absolute Gasteiger partial charge is 0.337 e. The second-order valence-electron chi connectivity index (χ2n) is 4.79. The predicted molar refractivity (Wildman–Crippen MR) is 73.8 cm³/mol. The summed E-state index contributed by atoms with van der Waals surface area (Å²) in [5, 5.41) is 9.31. The minimum atomic E-state index is -1.33. The first-order valence-electron chi connectivity index (χ1n) is 6.15. The zero-order chi connectivity index (χ0) is 15.3. The third kappa shape index (κ3) is 2.19. The fourth-order valence-electron chi connectivity index (χ4n) is 2.57. The molecule has 0 radical (unpaired) electrons. The lowest BCUT2D eigenvalue weighted by atomic mass is 10.1. The summed E-state index contributed by atoms with van der Waals surface area (Å²) in [6.07, 6.45) is -0.610. The van der Waals surface area contributed by atoms with E-state index in [4.69, 9.17) is 27.9 Å². The molecule has 2 amide bonds. The van der Waals surface area contributed by atoms with E-state index in [2.05, 4.69) is 0 Å². The molecule has 21 heavy (non-hydrogen) atoms. The normalized spacial score (nSPS) is 24.6. The maximum atomic E-state index is 12.3. The van der Waals surface area contributed by atoms with Crippen molar-refractivity contribution in [2.24, 2.45) is 0 Å². The lowest BCUT2D eigenvalue weighted by molar-refractivity contribution is -0.146. The molecule has 0 saturated carbocycles. The van der Waals surface area contributed by atoms with E-state index in [0.717, 1.165) is 11.0 Å². The number of carbonyl (C=O) groups excluding carboxylic acids is 2. The first-order chi connectivity index (χ1) is 9.90. The Balaban J connectivity index is 2.18. The Hall–Kier alpha value is -1.63. The lowest BCUT2D eigenvalue weighted by Gasteiger charge is -2.31. The summed E-state index contributed by atoms with van der Waals surface area (Å²) in [6.45, 7) is 0. The van der Waals surface area contributed by atoms with Gasteiger partial charge in [-0.25, -0.2) is 9.69 Å². The van der Waals surface area contributed by atoms with Crippen LogP contribution in [0, 0.1) is 0 Å². The van der Waals surface area contributed by atoms with Gasteiger partial charge in [-0.15, -0.1) is 0 Å². The summed E-state index contributed by atoms with van der Waals surface area (Å²) in [5.41, 5.74) is -0.445. The number of nitrogens with zero attached hydrogens (tertiary/aromatic N) is 1. The Labute approximate surface area is 129 Å². The molecule has 2 aliphatic heterocycles. The number of halogens is 2.